The van der Waals surface area contributed by atoms with Crippen molar-refractivity contribution in [1.29, 1.82) is 0 Å². The third-order valence-electron chi connectivity index (χ3n) is 9.83. The lowest BCUT2D eigenvalue weighted by Gasteiger charge is -2.52. The molecule has 4 aliphatic rings. The van der Waals surface area contributed by atoms with Crippen molar-refractivity contribution in [2.75, 3.05) is 0 Å². The highest BCUT2D eigenvalue weighted by atomic mass is 16.5. The van der Waals surface area contributed by atoms with Crippen molar-refractivity contribution in [3.8, 4) is 0 Å². The van der Waals surface area contributed by atoms with Gasteiger partial charge in [-0.3, -0.25) is 29.0 Å². The lowest BCUT2D eigenvalue weighted by molar-refractivity contribution is -0.292. The SMILES string of the molecule is CC1(C)CC(N2C(=O)c3ccc4c5c(ccc(c35)C2=O)C(=O)N(C2CC(C)(C)N([O])C(C)(C)C2)C4=O)CC(C)(C)N1[O]. The number of imide groups is 2. The first-order valence-electron chi connectivity index (χ1n) is 14.6. The molecule has 4 amide bonds. The average Bonchev–Trinajstić information content (AvgIpc) is 2.87. The standard InChI is InChI=1S/C32H38N4O6/c1-29(2)13-17(14-30(3,4)35(29)41)33-25(37)19-9-11-21-24-22(12-10-20(23(19)24)26(33)38)28(40)34(27(21)39)18-15-31(5,6)36(42)32(7,8)16-18/h9-12,17-18H,13-16H2,1-8H3. The largest absolute Gasteiger partial charge is 0.271 e. The maximum absolute atomic E-state index is 14.0. The number of nitrogens with zero attached hydrogens (tertiary/aromatic N) is 4. The third kappa shape index (κ3) is 3.85. The van der Waals surface area contributed by atoms with Crippen LogP contribution in [-0.4, -0.2) is 77.8 Å². The van der Waals surface area contributed by atoms with Crippen molar-refractivity contribution in [1.82, 2.24) is 19.9 Å². The van der Waals surface area contributed by atoms with Gasteiger partial charge in [0.25, 0.3) is 23.6 Å². The van der Waals surface area contributed by atoms with E-state index < -0.39 is 57.9 Å². The van der Waals surface area contributed by atoms with E-state index in [9.17, 15) is 29.6 Å². The molecule has 2 radical (unpaired) electrons. The molecule has 0 aromatic heterocycles. The zero-order valence-electron chi connectivity index (χ0n) is 25.5. The second kappa shape index (κ2) is 8.69. The molecule has 0 bridgehead atoms. The highest BCUT2D eigenvalue weighted by Gasteiger charge is 2.53. The van der Waals surface area contributed by atoms with Gasteiger partial charge in [-0.05, 0) is 105 Å². The van der Waals surface area contributed by atoms with Gasteiger partial charge in [0, 0.05) is 67.3 Å². The van der Waals surface area contributed by atoms with Crippen molar-refractivity contribution in [2.24, 2.45) is 0 Å². The van der Waals surface area contributed by atoms with Crippen molar-refractivity contribution in [2.45, 2.75) is 115 Å². The molecular formula is C32H38N4O6. The molecule has 4 aliphatic heterocycles. The fraction of sp³-hybridized carbons (Fsp3) is 0.562. The van der Waals surface area contributed by atoms with E-state index in [-0.39, 0.29) is 22.3 Å². The molecule has 0 atom stereocenters. The minimum atomic E-state index is -0.787. The number of rotatable bonds is 2. The monoisotopic (exact) mass is 574 g/mol. The maximum atomic E-state index is 14.0. The molecule has 0 spiro atoms. The Hall–Kier alpha value is -3.18. The van der Waals surface area contributed by atoms with Crippen molar-refractivity contribution in [3.05, 3.63) is 46.5 Å². The smallest absolute Gasteiger partial charge is 0.261 e. The lowest BCUT2D eigenvalue weighted by Crippen LogP contribution is -2.64. The van der Waals surface area contributed by atoms with Crippen LogP contribution in [0.1, 0.15) is 123 Å². The van der Waals surface area contributed by atoms with E-state index in [4.69, 9.17) is 0 Å². The van der Waals surface area contributed by atoms with Gasteiger partial charge >= 0.3 is 0 Å². The number of carbonyl (C=O) groups is 4. The predicted octanol–water partition coefficient (Wildman–Crippen LogP) is 4.77. The Morgan fingerprint density at radius 3 is 0.905 bits per heavy atom. The zero-order chi connectivity index (χ0) is 30.9. The number of hydrogen-bond donors (Lipinski definition) is 0. The molecule has 10 heteroatoms. The van der Waals surface area contributed by atoms with Gasteiger partial charge in [-0.15, -0.1) is 20.5 Å². The van der Waals surface area contributed by atoms with Crippen molar-refractivity contribution < 1.29 is 29.6 Å². The molecule has 0 saturated carbocycles. The van der Waals surface area contributed by atoms with Crippen LogP contribution in [-0.2, 0) is 10.4 Å². The van der Waals surface area contributed by atoms with E-state index in [0.29, 0.717) is 36.5 Å². The Morgan fingerprint density at radius 1 is 0.476 bits per heavy atom. The molecule has 42 heavy (non-hydrogen) atoms. The van der Waals surface area contributed by atoms with Gasteiger partial charge in [0.15, 0.2) is 0 Å². The summed E-state index contributed by atoms with van der Waals surface area (Å²) in [5.41, 5.74) is -2.09. The average molecular weight is 575 g/mol. The number of hydrogen-bond acceptors (Lipinski definition) is 6. The van der Waals surface area contributed by atoms with E-state index in [2.05, 4.69) is 0 Å². The van der Waals surface area contributed by atoms with E-state index in [1.54, 1.807) is 24.3 Å². The summed E-state index contributed by atoms with van der Waals surface area (Å²) in [6, 6.07) is 5.32. The van der Waals surface area contributed by atoms with Crippen molar-refractivity contribution in [3.63, 3.8) is 0 Å². The Balaban J connectivity index is 1.43. The van der Waals surface area contributed by atoms with Crippen LogP contribution in [0.5, 0.6) is 0 Å². The second-order valence-corrected chi connectivity index (χ2v) is 15.0. The summed E-state index contributed by atoms with van der Waals surface area (Å²) >= 11 is 0. The summed E-state index contributed by atoms with van der Waals surface area (Å²) in [5, 5.41) is 28.7. The van der Waals surface area contributed by atoms with Crippen LogP contribution in [0.4, 0.5) is 0 Å². The molecule has 2 aromatic carbocycles. The third-order valence-corrected chi connectivity index (χ3v) is 9.83. The second-order valence-electron chi connectivity index (χ2n) is 15.0. The Bertz CT molecular complexity index is 1370. The minimum absolute atomic E-state index is 0.265. The molecule has 4 heterocycles. The molecule has 2 saturated heterocycles. The van der Waals surface area contributed by atoms with Gasteiger partial charge in [0.2, 0.25) is 0 Å². The number of hydroxylamine groups is 4. The first-order valence-corrected chi connectivity index (χ1v) is 14.6. The summed E-state index contributed by atoms with van der Waals surface area (Å²) in [7, 11) is 0. The fourth-order valence-corrected chi connectivity index (χ4v) is 8.36. The normalized spacial score (nSPS) is 26.0. The van der Waals surface area contributed by atoms with Crippen molar-refractivity contribution >= 4 is 34.4 Å². The van der Waals surface area contributed by atoms with Crippen LogP contribution in [0.15, 0.2) is 24.3 Å². The van der Waals surface area contributed by atoms with Crippen LogP contribution in [0.2, 0.25) is 0 Å². The van der Waals surface area contributed by atoms with Gasteiger partial charge in [-0.25, -0.2) is 0 Å². The fourth-order valence-electron chi connectivity index (χ4n) is 8.36. The summed E-state index contributed by atoms with van der Waals surface area (Å²) in [6.07, 6.45) is 1.30. The molecule has 0 N–H and O–H groups in total. The summed E-state index contributed by atoms with van der Waals surface area (Å²) in [5.74, 6) is -1.94. The quantitative estimate of drug-likeness (QED) is 0.477. The number of carbonyl (C=O) groups excluding carboxylic acids is 4. The molecule has 222 valence electrons. The van der Waals surface area contributed by atoms with Crippen LogP contribution in [0.3, 0.4) is 0 Å². The number of benzene rings is 2. The van der Waals surface area contributed by atoms with Crippen LogP contribution in [0.25, 0.3) is 10.8 Å². The first-order chi connectivity index (χ1) is 19.3. The Morgan fingerprint density at radius 2 is 0.690 bits per heavy atom. The maximum Gasteiger partial charge on any atom is 0.261 e. The topological polar surface area (TPSA) is 121 Å². The van der Waals surface area contributed by atoms with E-state index in [1.165, 1.54) is 9.80 Å². The highest BCUT2D eigenvalue weighted by molar-refractivity contribution is 6.33. The molecule has 0 aliphatic carbocycles. The molecule has 10 nitrogen and oxygen atoms in total. The molecular weight excluding hydrogens is 536 g/mol. The van der Waals surface area contributed by atoms with Crippen LogP contribution < -0.4 is 0 Å². The summed E-state index contributed by atoms with van der Waals surface area (Å²) in [4.78, 5) is 58.5. The minimum Gasteiger partial charge on any atom is -0.271 e. The van der Waals surface area contributed by atoms with Crippen LogP contribution >= 0.6 is 0 Å². The molecule has 2 aromatic rings. The van der Waals surface area contributed by atoms with Gasteiger partial charge < -0.3 is 0 Å². The predicted molar refractivity (Wildman–Crippen MR) is 152 cm³/mol. The van der Waals surface area contributed by atoms with Gasteiger partial charge in [0.1, 0.15) is 0 Å². The number of amides is 4. The van der Waals surface area contributed by atoms with Gasteiger partial charge in [-0.2, -0.15) is 0 Å². The van der Waals surface area contributed by atoms with E-state index in [1.807, 2.05) is 55.4 Å². The van der Waals surface area contributed by atoms with E-state index >= 15 is 0 Å². The lowest BCUT2D eigenvalue weighted by atomic mass is 9.76. The Kier molecular flexibility index (Phi) is 5.98. The van der Waals surface area contributed by atoms with Crippen LogP contribution in [0, 0.1) is 0 Å². The van der Waals surface area contributed by atoms with E-state index in [0.717, 1.165) is 10.1 Å². The highest BCUT2D eigenvalue weighted by Crippen LogP contribution is 2.45. The molecule has 0 unspecified atom stereocenters. The Labute approximate surface area is 245 Å². The summed E-state index contributed by atoms with van der Waals surface area (Å²) in [6.45, 7) is 14.5. The first kappa shape index (κ1) is 28.9. The zero-order valence-corrected chi connectivity index (χ0v) is 25.5. The molecule has 6 rings (SSSR count). The van der Waals surface area contributed by atoms with Gasteiger partial charge in [0.05, 0.1) is 0 Å². The number of piperidine rings is 2. The molecule has 2 fully saturated rings. The summed E-state index contributed by atoms with van der Waals surface area (Å²) < 4.78 is 0. The van der Waals surface area contributed by atoms with Gasteiger partial charge in [-0.1, -0.05) is 0 Å².